The van der Waals surface area contributed by atoms with Gasteiger partial charge in [-0.25, -0.2) is 14.4 Å². The van der Waals surface area contributed by atoms with Gasteiger partial charge in [0.15, 0.2) is 18.1 Å². The van der Waals surface area contributed by atoms with Crippen molar-refractivity contribution >= 4 is 41.8 Å². The zero-order valence-corrected chi connectivity index (χ0v) is 30.5. The van der Waals surface area contributed by atoms with Crippen molar-refractivity contribution in [1.82, 2.24) is 0 Å². The van der Waals surface area contributed by atoms with Gasteiger partial charge in [-0.2, -0.15) is 0 Å². The minimum absolute atomic E-state index is 0.0685. The fourth-order valence-electron chi connectivity index (χ4n) is 7.81. The van der Waals surface area contributed by atoms with Crippen LogP contribution in [0.2, 0.25) is 0 Å². The Balaban J connectivity index is 0.878. The van der Waals surface area contributed by atoms with E-state index < -0.39 is 83.1 Å². The molecule has 1 unspecified atom stereocenters. The van der Waals surface area contributed by atoms with Crippen LogP contribution < -0.4 is 0 Å². The van der Waals surface area contributed by atoms with Crippen molar-refractivity contribution in [2.24, 2.45) is 11.8 Å². The summed E-state index contributed by atoms with van der Waals surface area (Å²) in [5.41, 5.74) is -0.488. The molecule has 0 amide bonds. The molecule has 0 aromatic rings. The van der Waals surface area contributed by atoms with Crippen molar-refractivity contribution < 1.29 is 76.6 Å². The average Bonchev–Trinajstić information content (AvgIpc) is 3.14. The molecule has 16 heteroatoms. The molecule has 56 heavy (non-hydrogen) atoms. The number of rotatable bonds is 6. The van der Waals surface area contributed by atoms with Gasteiger partial charge in [0.25, 0.3) is 17.4 Å². The highest BCUT2D eigenvalue weighted by molar-refractivity contribution is 6.15. The van der Waals surface area contributed by atoms with Gasteiger partial charge in [-0.3, -0.25) is 19.2 Å². The molecule has 0 aromatic carbocycles. The maximum absolute atomic E-state index is 12.9. The van der Waals surface area contributed by atoms with Crippen LogP contribution in [0.25, 0.3) is 0 Å². The van der Waals surface area contributed by atoms with Crippen LogP contribution in [0.3, 0.4) is 0 Å². The number of carbonyl (C=O) groups is 7. The van der Waals surface area contributed by atoms with Crippen LogP contribution in [0.15, 0.2) is 71.9 Å². The van der Waals surface area contributed by atoms with Crippen molar-refractivity contribution in [1.29, 1.82) is 0 Å². The molecule has 16 nitrogen and oxygen atoms in total. The lowest BCUT2D eigenvalue weighted by Crippen LogP contribution is -2.57. The quantitative estimate of drug-likeness (QED) is 0.101. The third-order valence-electron chi connectivity index (χ3n) is 10.9. The summed E-state index contributed by atoms with van der Waals surface area (Å²) in [7, 11) is 0. The minimum Gasteiger partial charge on any atom is -0.429 e. The van der Waals surface area contributed by atoms with Gasteiger partial charge in [-0.15, -0.1) is 0 Å². The summed E-state index contributed by atoms with van der Waals surface area (Å²) in [5, 5.41) is 10.7. The van der Waals surface area contributed by atoms with E-state index in [0.717, 1.165) is 38.5 Å². The van der Waals surface area contributed by atoms with Crippen molar-refractivity contribution in [3.63, 3.8) is 0 Å². The van der Waals surface area contributed by atoms with Gasteiger partial charge in [0.1, 0.15) is 5.57 Å². The molecule has 4 saturated heterocycles. The second-order valence-corrected chi connectivity index (χ2v) is 14.8. The van der Waals surface area contributed by atoms with Crippen molar-refractivity contribution in [2.45, 2.75) is 119 Å². The number of allylic oxidation sites excluding steroid dienone is 8. The molecular formula is C40H42O16. The number of ether oxygens (including phenoxy) is 8. The first-order valence-electron chi connectivity index (χ1n) is 18.9. The van der Waals surface area contributed by atoms with Crippen molar-refractivity contribution in [3.05, 3.63) is 71.9 Å². The number of carbonyl (C=O) groups excluding carboxylic acids is 7. The third-order valence-corrected chi connectivity index (χ3v) is 10.9. The summed E-state index contributed by atoms with van der Waals surface area (Å²) >= 11 is 0. The van der Waals surface area contributed by atoms with E-state index in [-0.39, 0.29) is 36.8 Å². The maximum atomic E-state index is 12.9. The first-order valence-corrected chi connectivity index (χ1v) is 18.9. The van der Waals surface area contributed by atoms with E-state index in [0.29, 0.717) is 25.7 Å². The molecule has 3 aliphatic carbocycles. The zero-order chi connectivity index (χ0) is 39.6. The van der Waals surface area contributed by atoms with Crippen LogP contribution in [0.1, 0.15) is 89.9 Å². The van der Waals surface area contributed by atoms with Gasteiger partial charge in [-0.05, 0) is 37.8 Å². The number of aliphatic hydroxyl groups is 1. The van der Waals surface area contributed by atoms with E-state index in [4.69, 9.17) is 37.9 Å². The van der Waals surface area contributed by atoms with Gasteiger partial charge in [-0.1, -0.05) is 61.4 Å². The van der Waals surface area contributed by atoms with Crippen LogP contribution in [0, 0.1) is 11.8 Å². The fraction of sp³-hybridized carbons (Fsp3) is 0.525. The Morgan fingerprint density at radius 3 is 1.29 bits per heavy atom. The Labute approximate surface area is 321 Å². The Hall–Kier alpha value is -5.35. The van der Waals surface area contributed by atoms with Gasteiger partial charge in [0, 0.05) is 51.4 Å². The first-order chi connectivity index (χ1) is 26.8. The average molecular weight is 779 g/mol. The fourth-order valence-corrected chi connectivity index (χ4v) is 7.81. The summed E-state index contributed by atoms with van der Waals surface area (Å²) in [5.74, 6) is -13.7. The molecule has 4 spiro atoms. The van der Waals surface area contributed by atoms with E-state index in [2.05, 4.69) is 0 Å². The van der Waals surface area contributed by atoms with Crippen LogP contribution in [0.4, 0.5) is 0 Å². The molecule has 0 aromatic heterocycles. The smallest absolute Gasteiger partial charge is 0.348 e. The summed E-state index contributed by atoms with van der Waals surface area (Å²) in [6.45, 7) is 0. The van der Waals surface area contributed by atoms with Gasteiger partial charge < -0.3 is 43.0 Å². The van der Waals surface area contributed by atoms with Gasteiger partial charge in [0.2, 0.25) is 5.79 Å². The van der Waals surface area contributed by atoms with Crippen molar-refractivity contribution in [3.8, 4) is 0 Å². The largest absolute Gasteiger partial charge is 0.429 e. The number of hydrogen-bond acceptors (Lipinski definition) is 16. The molecule has 1 N–H and O–H groups in total. The zero-order valence-electron chi connectivity index (χ0n) is 30.5. The molecule has 7 aliphatic rings. The lowest BCUT2D eigenvalue weighted by Gasteiger charge is -2.47. The number of aliphatic hydroxyl groups excluding tert-OH is 1. The normalized spacial score (nSPS) is 33.9. The molecule has 0 bridgehead atoms. The maximum Gasteiger partial charge on any atom is 0.348 e. The Bertz CT molecular complexity index is 1780. The Morgan fingerprint density at radius 1 is 0.429 bits per heavy atom. The monoisotopic (exact) mass is 778 g/mol. The number of esters is 7. The lowest BCUT2D eigenvalue weighted by molar-refractivity contribution is -0.334. The second kappa shape index (κ2) is 15.7. The topological polar surface area (TPSA) is 214 Å². The number of hydrogen-bond donors (Lipinski definition) is 1. The predicted octanol–water partition coefficient (Wildman–Crippen LogP) is 3.78. The van der Waals surface area contributed by atoms with E-state index in [1.54, 1.807) is 0 Å². The molecular weight excluding hydrogens is 736 g/mol. The molecule has 7 fully saturated rings. The van der Waals surface area contributed by atoms with Crippen molar-refractivity contribution in [2.75, 3.05) is 0 Å². The standard InChI is InChI=1S/C40H42O16/c41-29-25(30(42)50-37(49-29)17-9-3-10-18-37)13-5-1-7-15-27-33(45)53-39(54-34(27)46)21-23-40(24-22-39)55-35(47)28(36(48)56-40)16-8-2-6-14-26-31(43)51-38(52-32(26)44)19-11-4-12-20-38/h1-2,5-8,13-16,25,28,33,45H,3-4,9-12,17-24H2/b6-2+,7-1+,13-5+,16-8+,27-15+. The van der Waals surface area contributed by atoms with Crippen LogP contribution in [-0.2, 0) is 71.5 Å². The van der Waals surface area contributed by atoms with Crippen LogP contribution in [0.5, 0.6) is 0 Å². The summed E-state index contributed by atoms with van der Waals surface area (Å²) in [6, 6.07) is 0. The first kappa shape index (κ1) is 38.9. The predicted molar refractivity (Wildman–Crippen MR) is 185 cm³/mol. The summed E-state index contributed by atoms with van der Waals surface area (Å²) < 4.78 is 44.3. The van der Waals surface area contributed by atoms with Crippen LogP contribution in [-0.4, -0.2) is 76.3 Å². The second-order valence-electron chi connectivity index (χ2n) is 14.8. The van der Waals surface area contributed by atoms with E-state index in [1.165, 1.54) is 60.8 Å². The highest BCUT2D eigenvalue weighted by Gasteiger charge is 2.57. The Kier molecular flexibility index (Phi) is 10.9. The summed E-state index contributed by atoms with van der Waals surface area (Å²) in [4.78, 5) is 88.8. The van der Waals surface area contributed by atoms with Crippen LogP contribution >= 0.6 is 0 Å². The highest BCUT2D eigenvalue weighted by Crippen LogP contribution is 2.46. The third kappa shape index (κ3) is 8.12. The molecule has 4 aliphatic heterocycles. The molecule has 4 heterocycles. The van der Waals surface area contributed by atoms with E-state index >= 15 is 0 Å². The molecule has 3 saturated carbocycles. The lowest BCUT2D eigenvalue weighted by atomic mass is 9.87. The van der Waals surface area contributed by atoms with E-state index in [9.17, 15) is 38.7 Å². The van der Waals surface area contributed by atoms with E-state index in [1.807, 2.05) is 0 Å². The van der Waals surface area contributed by atoms with Gasteiger partial charge >= 0.3 is 41.8 Å². The SMILES string of the molecule is O=C1OC2(CCCCC2)OC(=O)C1=C/C=C/C=C/C1C(=O)OC2(CCC3(CC2)OC(=O)/C(=C/C=C/C=C/C2C(=O)OC4(CCCCC4)OC2=O)C(O)O3)OC1=O. The Morgan fingerprint density at radius 2 is 0.821 bits per heavy atom. The molecule has 1 atom stereocenters. The van der Waals surface area contributed by atoms with Gasteiger partial charge in [0.05, 0.1) is 5.57 Å². The molecule has 0 radical (unpaired) electrons. The highest BCUT2D eigenvalue weighted by atomic mass is 16.8. The molecule has 7 rings (SSSR count). The molecule has 298 valence electrons. The summed E-state index contributed by atoms with van der Waals surface area (Å²) in [6.07, 6.45) is 18.4. The minimum atomic E-state index is -1.67.